The first-order chi connectivity index (χ1) is 21.4. The molecule has 3 aliphatic rings. The van der Waals surface area contributed by atoms with Crippen LogP contribution in [0.3, 0.4) is 0 Å². The molecule has 0 saturated carbocycles. The van der Waals surface area contributed by atoms with Crippen LogP contribution in [0.2, 0.25) is 0 Å². The van der Waals surface area contributed by atoms with E-state index >= 15 is 0 Å². The Morgan fingerprint density at radius 3 is 2.24 bits per heavy atom. The van der Waals surface area contributed by atoms with Crippen molar-refractivity contribution in [3.8, 4) is 0 Å². The van der Waals surface area contributed by atoms with Crippen LogP contribution in [-0.4, -0.2) is 95.3 Å². The van der Waals surface area contributed by atoms with Crippen LogP contribution in [0, 0.1) is 0 Å². The minimum absolute atomic E-state index is 0.0902. The van der Waals surface area contributed by atoms with Gasteiger partial charge in [0.2, 0.25) is 29.5 Å². The Morgan fingerprint density at radius 2 is 1.60 bits per heavy atom. The average Bonchev–Trinajstić information content (AvgIpc) is 2.99. The maximum absolute atomic E-state index is 13.8. The predicted octanol–water partition coefficient (Wildman–Crippen LogP) is -3.54. The Hall–Kier alpha value is -5.19. The Labute approximate surface area is 259 Å². The highest BCUT2D eigenvalue weighted by Crippen LogP contribution is 2.22. The van der Waals surface area contributed by atoms with Crippen molar-refractivity contribution in [1.29, 1.82) is 0 Å². The molecule has 3 aliphatic heterocycles. The molecule has 1 unspecified atom stereocenters. The highest BCUT2D eigenvalue weighted by atomic mass is 16.4. The lowest BCUT2D eigenvalue weighted by molar-refractivity contribution is -0.142. The zero-order valence-corrected chi connectivity index (χ0v) is 24.7. The van der Waals surface area contributed by atoms with Gasteiger partial charge in [0.15, 0.2) is 5.96 Å². The molecule has 0 aliphatic carbocycles. The molecule has 3 fully saturated rings. The second-order valence-electron chi connectivity index (χ2n) is 10.7. The van der Waals surface area contributed by atoms with Crippen molar-refractivity contribution >= 4 is 41.5 Å². The number of carbonyl (C=O) groups excluding carboxylic acids is 5. The molecule has 244 valence electrons. The smallest absolute Gasteiger partial charge is 0.305 e. The molecule has 4 atom stereocenters. The largest absolute Gasteiger partial charge is 0.481 e. The lowest BCUT2D eigenvalue weighted by atomic mass is 9.99. The average molecular weight is 629 g/mol. The Kier molecular flexibility index (Phi) is 12.2. The second-order valence-corrected chi connectivity index (χ2v) is 10.7. The van der Waals surface area contributed by atoms with Crippen LogP contribution < -0.4 is 43.8 Å². The molecule has 12 N–H and O–H groups in total. The molecule has 3 saturated heterocycles. The molecule has 0 aromatic heterocycles. The number of carbonyl (C=O) groups is 6. The molecule has 0 spiro atoms. The molecule has 1 aromatic carbocycles. The highest BCUT2D eigenvalue weighted by Gasteiger charge is 2.39. The number of nitrogens with two attached hydrogens (primary N) is 3. The van der Waals surface area contributed by atoms with E-state index in [9.17, 15) is 33.9 Å². The van der Waals surface area contributed by atoms with Crippen molar-refractivity contribution in [1.82, 2.24) is 31.5 Å². The summed E-state index contributed by atoms with van der Waals surface area (Å²) in [4.78, 5) is 82.4. The maximum Gasteiger partial charge on any atom is 0.305 e. The summed E-state index contributed by atoms with van der Waals surface area (Å²) in [5, 5.41) is 22.1. The van der Waals surface area contributed by atoms with Gasteiger partial charge in [0.1, 0.15) is 18.1 Å². The quantitative estimate of drug-likeness (QED) is 0.0559. The summed E-state index contributed by atoms with van der Waals surface area (Å²) in [7, 11) is 0. The number of amides is 5. The van der Waals surface area contributed by atoms with Crippen LogP contribution >= 0.6 is 0 Å². The van der Waals surface area contributed by atoms with Gasteiger partial charge in [-0.05, 0) is 24.0 Å². The van der Waals surface area contributed by atoms with Gasteiger partial charge in [0.05, 0.1) is 25.4 Å². The molecular weight excluding hydrogens is 588 g/mol. The monoisotopic (exact) mass is 628 g/mol. The third kappa shape index (κ3) is 10.2. The molecule has 1 aromatic rings. The molecule has 5 amide bonds. The number of carboxylic acid groups (broad SMARTS) is 1. The second kappa shape index (κ2) is 16.0. The fraction of sp³-hybridized carbons (Fsp3) is 0.464. The zero-order chi connectivity index (χ0) is 33.1. The van der Waals surface area contributed by atoms with E-state index < -0.39 is 72.6 Å². The van der Waals surface area contributed by atoms with Gasteiger partial charge in [-0.2, -0.15) is 0 Å². The third-order valence-corrected chi connectivity index (χ3v) is 7.24. The van der Waals surface area contributed by atoms with Gasteiger partial charge in [0.25, 0.3) is 0 Å². The van der Waals surface area contributed by atoms with E-state index in [0.29, 0.717) is 18.7 Å². The normalized spacial score (nSPS) is 23.2. The van der Waals surface area contributed by atoms with E-state index in [2.05, 4.69) is 38.2 Å². The number of benzene rings is 1. The maximum atomic E-state index is 13.8. The first-order valence-corrected chi connectivity index (χ1v) is 14.3. The number of fused-ring (bicyclic) bond motifs is 14. The van der Waals surface area contributed by atoms with Gasteiger partial charge in [0, 0.05) is 31.9 Å². The van der Waals surface area contributed by atoms with Crippen LogP contribution in [0.25, 0.3) is 0 Å². The number of rotatable bonds is 9. The summed E-state index contributed by atoms with van der Waals surface area (Å²) < 4.78 is 0. The van der Waals surface area contributed by atoms with Crippen LogP contribution in [0.5, 0.6) is 0 Å². The van der Waals surface area contributed by atoms with Gasteiger partial charge in [-0.3, -0.25) is 33.8 Å². The SMILES string of the molecule is C=C1NC2CNC(=O)[C@H](CC(=O)O)NC(=O)CNC(=O)[C@H](CCCN=C(N)N)NC(=O)C[C@@H]1N(Cc1ccc(CN)cc1)C2=O. The number of piperazine rings is 1. The molecule has 3 heterocycles. The Balaban J connectivity index is 1.94. The Morgan fingerprint density at radius 1 is 0.956 bits per heavy atom. The fourth-order valence-corrected chi connectivity index (χ4v) is 4.91. The van der Waals surface area contributed by atoms with Gasteiger partial charge in [-0.25, -0.2) is 0 Å². The van der Waals surface area contributed by atoms with Crippen molar-refractivity contribution in [3.05, 3.63) is 47.7 Å². The van der Waals surface area contributed by atoms with E-state index in [-0.39, 0.29) is 38.4 Å². The number of hydrogen-bond acceptors (Lipinski definition) is 9. The molecule has 45 heavy (non-hydrogen) atoms. The number of aliphatic imine (C=N–C) groups is 1. The van der Waals surface area contributed by atoms with Crippen LogP contribution in [0.15, 0.2) is 41.5 Å². The fourth-order valence-electron chi connectivity index (χ4n) is 4.91. The summed E-state index contributed by atoms with van der Waals surface area (Å²) in [5.74, 6) is -4.92. The van der Waals surface area contributed by atoms with Gasteiger partial charge in [-0.1, -0.05) is 30.8 Å². The number of aliphatic carboxylic acids is 1. The van der Waals surface area contributed by atoms with E-state index in [0.717, 1.165) is 11.1 Å². The summed E-state index contributed by atoms with van der Waals surface area (Å²) in [5.41, 5.74) is 18.4. The standard InChI is InChI=1S/C28H40N10O7/c1-15-21-10-22(39)36-18(3-2-8-32-28(30)31)25(43)34-13-23(40)37-19(9-24(41)42)26(44)33-12-20(35-15)27(45)38(21)14-17-6-4-16(11-29)5-7-17/h4-7,18-21,35H,1-3,8-14,29H2,(H,33,44)(H,34,43)(H,36,39)(H,37,40)(H,41,42)(H4,30,31,32)/t18-,19-,20?,21-/m0/s1. The number of nitrogens with one attached hydrogen (secondary N) is 5. The summed E-state index contributed by atoms with van der Waals surface area (Å²) in [6.45, 7) is 3.76. The van der Waals surface area contributed by atoms with Gasteiger partial charge >= 0.3 is 5.97 Å². The first kappa shape index (κ1) is 34.3. The first-order valence-electron chi connectivity index (χ1n) is 14.3. The van der Waals surface area contributed by atoms with E-state index in [1.165, 1.54) is 4.90 Å². The van der Waals surface area contributed by atoms with Gasteiger partial charge in [-0.15, -0.1) is 0 Å². The minimum Gasteiger partial charge on any atom is -0.481 e. The van der Waals surface area contributed by atoms with Crippen molar-refractivity contribution in [3.63, 3.8) is 0 Å². The minimum atomic E-state index is -1.50. The third-order valence-electron chi connectivity index (χ3n) is 7.24. The predicted molar refractivity (Wildman–Crippen MR) is 161 cm³/mol. The lowest BCUT2D eigenvalue weighted by Crippen LogP contribution is -2.62. The highest BCUT2D eigenvalue weighted by molar-refractivity contribution is 5.94. The molecular formula is C28H40N10O7. The van der Waals surface area contributed by atoms with Crippen molar-refractivity contribution in [2.75, 3.05) is 19.6 Å². The van der Waals surface area contributed by atoms with Crippen LogP contribution in [-0.2, 0) is 41.9 Å². The zero-order valence-electron chi connectivity index (χ0n) is 24.7. The van der Waals surface area contributed by atoms with Crippen LogP contribution in [0.1, 0.15) is 36.8 Å². The lowest BCUT2D eigenvalue weighted by Gasteiger charge is -2.42. The molecule has 17 nitrogen and oxygen atoms in total. The van der Waals surface area contributed by atoms with E-state index in [1.54, 1.807) is 12.1 Å². The number of hydrogen-bond donors (Lipinski definition) is 9. The van der Waals surface area contributed by atoms with Crippen molar-refractivity contribution in [2.24, 2.45) is 22.2 Å². The summed E-state index contributed by atoms with van der Waals surface area (Å²) in [6, 6.07) is 2.80. The summed E-state index contributed by atoms with van der Waals surface area (Å²) in [6.07, 6.45) is -0.606. The summed E-state index contributed by atoms with van der Waals surface area (Å²) >= 11 is 0. The van der Waals surface area contributed by atoms with Gasteiger partial charge < -0.3 is 53.8 Å². The van der Waals surface area contributed by atoms with E-state index in [4.69, 9.17) is 17.2 Å². The van der Waals surface area contributed by atoms with Crippen LogP contribution in [0.4, 0.5) is 0 Å². The molecule has 2 bridgehead atoms. The van der Waals surface area contributed by atoms with E-state index in [1.807, 2.05) is 12.1 Å². The molecule has 17 heteroatoms. The number of guanidine groups is 1. The molecule has 0 radical (unpaired) electrons. The Bertz CT molecular complexity index is 1330. The van der Waals surface area contributed by atoms with Crippen molar-refractivity contribution in [2.45, 2.75) is 62.9 Å². The molecule has 4 rings (SSSR count). The van der Waals surface area contributed by atoms with Crippen molar-refractivity contribution < 1.29 is 33.9 Å². The number of carboxylic acids is 1. The number of nitrogens with zero attached hydrogens (tertiary/aromatic N) is 2. The topological polar surface area (TPSA) is 276 Å².